The first-order valence-electron chi connectivity index (χ1n) is 11.5. The minimum absolute atomic E-state index is 0.0554. The van der Waals surface area contributed by atoms with Gasteiger partial charge in [0, 0.05) is 49.4 Å². The first-order chi connectivity index (χ1) is 16.1. The summed E-state index contributed by atoms with van der Waals surface area (Å²) in [5.41, 5.74) is 3.59. The van der Waals surface area contributed by atoms with Crippen molar-refractivity contribution in [2.24, 2.45) is 5.92 Å². The van der Waals surface area contributed by atoms with Crippen molar-refractivity contribution in [1.29, 1.82) is 0 Å². The zero-order valence-electron chi connectivity index (χ0n) is 18.5. The maximum absolute atomic E-state index is 13.7. The largest absolute Gasteiger partial charge is 0.496 e. The standard InChI is InChI=1S/C24H27N5O4/c1-32-20-4-2-3-17-22(20)15(10-25-17)24(31)29-7-8-33-21-12-28(11-19(21)29)23(30)14-5-6-16-18(9-14)27-13-26-16/h2-4,10,13-14,19,21,25H,5-9,11-12H2,1H3,(H,26,27)/t14?,19-,21+/m0/s1. The van der Waals surface area contributed by atoms with Crippen molar-refractivity contribution < 1.29 is 19.1 Å². The van der Waals surface area contributed by atoms with Crippen LogP contribution in [-0.2, 0) is 22.4 Å². The van der Waals surface area contributed by atoms with Gasteiger partial charge in [-0.2, -0.15) is 0 Å². The first kappa shape index (κ1) is 20.3. The maximum Gasteiger partial charge on any atom is 0.256 e. The van der Waals surface area contributed by atoms with Crippen molar-refractivity contribution >= 4 is 22.7 Å². The number of imidazole rings is 1. The molecule has 0 bridgehead atoms. The molecule has 2 aromatic heterocycles. The lowest BCUT2D eigenvalue weighted by molar-refractivity contribution is -0.135. The number of aromatic amines is 2. The van der Waals surface area contributed by atoms with E-state index in [2.05, 4.69) is 15.0 Å². The monoisotopic (exact) mass is 449 g/mol. The average molecular weight is 450 g/mol. The molecule has 33 heavy (non-hydrogen) atoms. The van der Waals surface area contributed by atoms with Gasteiger partial charge in [0.05, 0.1) is 48.8 Å². The van der Waals surface area contributed by atoms with Gasteiger partial charge in [-0.05, 0) is 25.0 Å². The van der Waals surface area contributed by atoms with Crippen molar-refractivity contribution in [3.63, 3.8) is 0 Å². The Morgan fingerprint density at radius 1 is 1.24 bits per heavy atom. The van der Waals surface area contributed by atoms with Crippen LogP contribution in [-0.4, -0.2) is 82.1 Å². The molecule has 0 radical (unpaired) electrons. The summed E-state index contributed by atoms with van der Waals surface area (Å²) in [6, 6.07) is 5.54. The van der Waals surface area contributed by atoms with Crippen LogP contribution in [0.25, 0.3) is 10.9 Å². The molecule has 1 aliphatic carbocycles. The highest BCUT2D eigenvalue weighted by atomic mass is 16.5. The van der Waals surface area contributed by atoms with Gasteiger partial charge in [0.25, 0.3) is 5.91 Å². The molecule has 9 nitrogen and oxygen atoms in total. The lowest BCUT2D eigenvalue weighted by Crippen LogP contribution is -2.53. The Balaban J connectivity index is 1.22. The second kappa shape index (κ2) is 7.91. The summed E-state index contributed by atoms with van der Waals surface area (Å²) in [7, 11) is 1.61. The summed E-state index contributed by atoms with van der Waals surface area (Å²) in [6.45, 7) is 2.00. The van der Waals surface area contributed by atoms with Crippen molar-refractivity contribution in [2.45, 2.75) is 31.4 Å². The summed E-state index contributed by atoms with van der Waals surface area (Å²) >= 11 is 0. The van der Waals surface area contributed by atoms with Crippen LogP contribution in [0.1, 0.15) is 28.2 Å². The fourth-order valence-electron chi connectivity index (χ4n) is 5.63. The molecule has 2 N–H and O–H groups in total. The zero-order valence-corrected chi connectivity index (χ0v) is 18.5. The number of aromatic nitrogens is 3. The number of nitrogens with one attached hydrogen (secondary N) is 2. The summed E-state index contributed by atoms with van der Waals surface area (Å²) < 4.78 is 11.5. The molecule has 2 aliphatic heterocycles. The number of amides is 2. The Morgan fingerprint density at radius 2 is 2.15 bits per heavy atom. The molecule has 2 saturated heterocycles. The fraction of sp³-hybridized carbons (Fsp3) is 0.458. The third-order valence-corrected chi connectivity index (χ3v) is 7.33. The van der Waals surface area contributed by atoms with Crippen LogP contribution < -0.4 is 4.74 Å². The van der Waals surface area contributed by atoms with Crippen molar-refractivity contribution in [3.05, 3.63) is 47.7 Å². The number of methoxy groups -OCH3 is 1. The molecule has 3 atom stereocenters. The van der Waals surface area contributed by atoms with Crippen molar-refractivity contribution in [3.8, 4) is 5.75 Å². The molecular weight excluding hydrogens is 422 g/mol. The molecule has 3 aromatic rings. The van der Waals surface area contributed by atoms with Crippen LogP contribution in [0.2, 0.25) is 0 Å². The number of carbonyl (C=O) groups is 2. The van der Waals surface area contributed by atoms with E-state index in [9.17, 15) is 9.59 Å². The topological polar surface area (TPSA) is 104 Å². The van der Waals surface area contributed by atoms with E-state index in [0.29, 0.717) is 44.0 Å². The minimum Gasteiger partial charge on any atom is -0.496 e. The number of carbonyl (C=O) groups excluding carboxylic acids is 2. The number of H-pyrrole nitrogens is 2. The number of likely N-dealkylation sites (tertiary alicyclic amines) is 1. The third-order valence-electron chi connectivity index (χ3n) is 7.33. The Morgan fingerprint density at radius 3 is 3.03 bits per heavy atom. The summed E-state index contributed by atoms with van der Waals surface area (Å²) in [4.78, 5) is 41.5. The minimum atomic E-state index is -0.162. The number of aryl methyl sites for hydroxylation is 1. The van der Waals surface area contributed by atoms with Crippen LogP contribution in [0.3, 0.4) is 0 Å². The number of ether oxygens (including phenoxy) is 2. The lowest BCUT2D eigenvalue weighted by atomic mass is 9.89. The van der Waals surface area contributed by atoms with E-state index in [1.54, 1.807) is 19.6 Å². The molecule has 2 fully saturated rings. The number of nitrogens with zero attached hydrogens (tertiary/aromatic N) is 3. The highest BCUT2D eigenvalue weighted by Gasteiger charge is 2.45. The number of hydrogen-bond acceptors (Lipinski definition) is 5. The van der Waals surface area contributed by atoms with Gasteiger partial charge in [0.2, 0.25) is 5.91 Å². The van der Waals surface area contributed by atoms with Gasteiger partial charge in [-0.1, -0.05) is 6.07 Å². The highest BCUT2D eigenvalue weighted by Crippen LogP contribution is 2.33. The van der Waals surface area contributed by atoms with Gasteiger partial charge in [0.1, 0.15) is 5.75 Å². The van der Waals surface area contributed by atoms with Crippen LogP contribution in [0.5, 0.6) is 5.75 Å². The molecule has 0 saturated carbocycles. The van der Waals surface area contributed by atoms with E-state index >= 15 is 0 Å². The normalized spacial score (nSPS) is 24.6. The number of rotatable bonds is 3. The number of fused-ring (bicyclic) bond motifs is 3. The predicted octanol–water partition coefficient (Wildman–Crippen LogP) is 1.76. The summed E-state index contributed by atoms with van der Waals surface area (Å²) in [6.07, 6.45) is 5.62. The van der Waals surface area contributed by atoms with E-state index in [4.69, 9.17) is 9.47 Å². The average Bonchev–Trinajstić information content (AvgIpc) is 3.59. The Labute approximate surface area is 191 Å². The van der Waals surface area contributed by atoms with E-state index < -0.39 is 0 Å². The zero-order chi connectivity index (χ0) is 22.5. The van der Waals surface area contributed by atoms with E-state index in [1.807, 2.05) is 28.0 Å². The Kier molecular flexibility index (Phi) is 4.86. The number of benzene rings is 1. The Hall–Kier alpha value is -3.33. The SMILES string of the molecule is COc1cccc2[nH]cc(C(=O)N3CCO[C@@H]4CN(C(=O)C5CCc6nc[nH]c6C5)C[C@@H]43)c12. The molecule has 1 unspecified atom stereocenters. The van der Waals surface area contributed by atoms with E-state index in [1.165, 1.54) is 0 Å². The van der Waals surface area contributed by atoms with Crippen LogP contribution in [0.4, 0.5) is 0 Å². The smallest absolute Gasteiger partial charge is 0.256 e. The fourth-order valence-corrected chi connectivity index (χ4v) is 5.63. The molecule has 2 amide bonds. The number of morpholine rings is 1. The molecule has 4 heterocycles. The molecule has 3 aliphatic rings. The van der Waals surface area contributed by atoms with Crippen molar-refractivity contribution in [2.75, 3.05) is 33.4 Å². The molecule has 1 aromatic carbocycles. The van der Waals surface area contributed by atoms with Gasteiger partial charge in [-0.3, -0.25) is 9.59 Å². The van der Waals surface area contributed by atoms with Gasteiger partial charge < -0.3 is 29.2 Å². The second-order valence-electron chi connectivity index (χ2n) is 9.07. The molecule has 9 heteroatoms. The second-order valence-corrected chi connectivity index (χ2v) is 9.07. The molecular formula is C24H27N5O4. The first-order valence-corrected chi connectivity index (χ1v) is 11.5. The summed E-state index contributed by atoms with van der Waals surface area (Å²) in [5, 5.41) is 0.788. The summed E-state index contributed by atoms with van der Waals surface area (Å²) in [5.74, 6) is 0.702. The third kappa shape index (κ3) is 3.30. The van der Waals surface area contributed by atoms with Gasteiger partial charge in [-0.25, -0.2) is 4.98 Å². The van der Waals surface area contributed by atoms with Gasteiger partial charge >= 0.3 is 0 Å². The lowest BCUT2D eigenvalue weighted by Gasteiger charge is -2.36. The van der Waals surface area contributed by atoms with Crippen molar-refractivity contribution in [1.82, 2.24) is 24.8 Å². The maximum atomic E-state index is 13.7. The quantitative estimate of drug-likeness (QED) is 0.634. The van der Waals surface area contributed by atoms with Crippen LogP contribution in [0.15, 0.2) is 30.7 Å². The van der Waals surface area contributed by atoms with Crippen LogP contribution in [0, 0.1) is 5.92 Å². The predicted molar refractivity (Wildman–Crippen MR) is 120 cm³/mol. The molecule has 6 rings (SSSR count). The molecule has 0 spiro atoms. The van der Waals surface area contributed by atoms with Gasteiger partial charge in [-0.15, -0.1) is 0 Å². The molecule has 172 valence electrons. The van der Waals surface area contributed by atoms with E-state index in [-0.39, 0.29) is 29.9 Å². The van der Waals surface area contributed by atoms with E-state index in [0.717, 1.165) is 35.1 Å². The Bertz CT molecular complexity index is 1220. The highest BCUT2D eigenvalue weighted by molar-refractivity contribution is 6.09. The number of hydrogen-bond donors (Lipinski definition) is 2. The van der Waals surface area contributed by atoms with Crippen LogP contribution >= 0.6 is 0 Å². The van der Waals surface area contributed by atoms with Gasteiger partial charge in [0.15, 0.2) is 0 Å².